The monoisotopic (exact) mass is 197 g/mol. The van der Waals surface area contributed by atoms with Crippen molar-refractivity contribution in [1.82, 2.24) is 4.98 Å². The molecule has 1 aliphatic rings. The molecule has 0 radical (unpaired) electrons. The van der Waals surface area contributed by atoms with Crippen LogP contribution in [0.2, 0.25) is 0 Å². The SMILES string of the molecule is N#CC1C=C(c2ccncc2)C=NC1=O. The number of hydrogen-bond acceptors (Lipinski definition) is 3. The minimum Gasteiger partial charge on any atom is -0.271 e. The van der Waals surface area contributed by atoms with Gasteiger partial charge in [-0.1, -0.05) is 0 Å². The molecule has 4 nitrogen and oxygen atoms in total. The lowest BCUT2D eigenvalue weighted by atomic mass is 9.99. The molecule has 1 aromatic heterocycles. The van der Waals surface area contributed by atoms with Crippen molar-refractivity contribution in [3.8, 4) is 6.07 Å². The zero-order valence-corrected chi connectivity index (χ0v) is 7.79. The third-order valence-electron chi connectivity index (χ3n) is 2.10. The van der Waals surface area contributed by atoms with Crippen LogP contribution in [0, 0.1) is 17.2 Å². The van der Waals surface area contributed by atoms with Gasteiger partial charge in [0, 0.05) is 18.6 Å². The van der Waals surface area contributed by atoms with Crippen LogP contribution in [0.3, 0.4) is 0 Å². The molecule has 15 heavy (non-hydrogen) atoms. The van der Waals surface area contributed by atoms with Gasteiger partial charge in [0.15, 0.2) is 0 Å². The first-order valence-corrected chi connectivity index (χ1v) is 4.41. The summed E-state index contributed by atoms with van der Waals surface area (Å²) in [5.41, 5.74) is 1.69. The number of aromatic nitrogens is 1. The van der Waals surface area contributed by atoms with Gasteiger partial charge in [0.25, 0.3) is 5.91 Å². The van der Waals surface area contributed by atoms with Crippen molar-refractivity contribution in [2.45, 2.75) is 0 Å². The topological polar surface area (TPSA) is 66.1 Å². The maximum Gasteiger partial charge on any atom is 0.266 e. The summed E-state index contributed by atoms with van der Waals surface area (Å²) in [6, 6.07) is 5.51. The molecule has 0 aromatic carbocycles. The normalized spacial score (nSPS) is 19.5. The van der Waals surface area contributed by atoms with Crippen LogP contribution in [0.1, 0.15) is 5.56 Å². The van der Waals surface area contributed by atoms with Gasteiger partial charge in [0.1, 0.15) is 5.92 Å². The summed E-state index contributed by atoms with van der Waals surface area (Å²) in [4.78, 5) is 18.7. The molecule has 0 saturated carbocycles. The van der Waals surface area contributed by atoms with Crippen molar-refractivity contribution in [2.75, 3.05) is 0 Å². The molecule has 1 unspecified atom stereocenters. The van der Waals surface area contributed by atoms with Gasteiger partial charge in [0.05, 0.1) is 6.07 Å². The van der Waals surface area contributed by atoms with E-state index in [1.54, 1.807) is 18.5 Å². The van der Waals surface area contributed by atoms with Crippen LogP contribution in [-0.2, 0) is 4.79 Å². The highest BCUT2D eigenvalue weighted by molar-refractivity contribution is 6.16. The minimum atomic E-state index is -0.766. The first-order valence-electron chi connectivity index (χ1n) is 4.41. The number of aliphatic imine (C=N–C) groups is 1. The molecule has 1 amide bonds. The molecule has 0 bridgehead atoms. The predicted molar refractivity (Wildman–Crippen MR) is 54.8 cm³/mol. The fourth-order valence-electron chi connectivity index (χ4n) is 1.31. The largest absolute Gasteiger partial charge is 0.271 e. The molecule has 1 aliphatic heterocycles. The molecule has 72 valence electrons. The lowest BCUT2D eigenvalue weighted by molar-refractivity contribution is -0.118. The molecule has 0 aliphatic carbocycles. The molecule has 1 aromatic rings. The molecular weight excluding hydrogens is 190 g/mol. The smallest absolute Gasteiger partial charge is 0.266 e. The molecular formula is C11H7N3O. The number of dihydropyridines is 1. The number of amides is 1. The van der Waals surface area contributed by atoms with Gasteiger partial charge in [-0.05, 0) is 29.3 Å². The number of carbonyl (C=O) groups is 1. The Morgan fingerprint density at radius 1 is 1.33 bits per heavy atom. The van der Waals surface area contributed by atoms with E-state index in [1.165, 1.54) is 6.21 Å². The zero-order valence-electron chi connectivity index (χ0n) is 7.79. The van der Waals surface area contributed by atoms with Crippen molar-refractivity contribution in [2.24, 2.45) is 10.9 Å². The molecule has 4 heteroatoms. The molecule has 0 saturated heterocycles. The van der Waals surface area contributed by atoms with Crippen LogP contribution in [0.15, 0.2) is 35.6 Å². The van der Waals surface area contributed by atoms with E-state index in [1.807, 2.05) is 18.2 Å². The minimum absolute atomic E-state index is 0.407. The first kappa shape index (κ1) is 9.28. The third-order valence-corrected chi connectivity index (χ3v) is 2.10. The summed E-state index contributed by atoms with van der Waals surface area (Å²) in [5, 5.41) is 8.72. The van der Waals surface area contributed by atoms with Gasteiger partial charge in [-0.2, -0.15) is 5.26 Å². The second-order valence-electron chi connectivity index (χ2n) is 3.06. The Morgan fingerprint density at radius 2 is 2.07 bits per heavy atom. The number of pyridine rings is 1. The van der Waals surface area contributed by atoms with Gasteiger partial charge in [-0.15, -0.1) is 0 Å². The van der Waals surface area contributed by atoms with Crippen LogP contribution in [-0.4, -0.2) is 17.1 Å². The molecule has 2 rings (SSSR count). The Kier molecular flexibility index (Phi) is 2.38. The van der Waals surface area contributed by atoms with Crippen molar-refractivity contribution in [1.29, 1.82) is 5.26 Å². The predicted octanol–water partition coefficient (Wildman–Crippen LogP) is 1.22. The average molecular weight is 197 g/mol. The van der Waals surface area contributed by atoms with E-state index in [9.17, 15) is 4.79 Å². The summed E-state index contributed by atoms with van der Waals surface area (Å²) in [7, 11) is 0. The van der Waals surface area contributed by atoms with Crippen molar-refractivity contribution < 1.29 is 4.79 Å². The summed E-state index contributed by atoms with van der Waals surface area (Å²) in [6.07, 6.45) is 6.40. The maximum atomic E-state index is 11.1. The number of hydrogen-bond donors (Lipinski definition) is 0. The van der Waals surface area contributed by atoms with Crippen LogP contribution in [0.4, 0.5) is 0 Å². The summed E-state index contributed by atoms with van der Waals surface area (Å²) in [5.74, 6) is -1.17. The van der Waals surface area contributed by atoms with Crippen LogP contribution in [0.25, 0.3) is 5.57 Å². The second kappa shape index (κ2) is 3.84. The number of carbonyl (C=O) groups excluding carboxylic acids is 1. The fraction of sp³-hybridized carbons (Fsp3) is 0.0909. The number of nitrogens with zero attached hydrogens (tertiary/aromatic N) is 3. The quantitative estimate of drug-likeness (QED) is 0.679. The van der Waals surface area contributed by atoms with E-state index in [2.05, 4.69) is 9.98 Å². The first-order chi connectivity index (χ1) is 7.31. The van der Waals surface area contributed by atoms with Crippen molar-refractivity contribution >= 4 is 17.7 Å². The van der Waals surface area contributed by atoms with E-state index in [0.717, 1.165) is 11.1 Å². The lowest BCUT2D eigenvalue weighted by Gasteiger charge is -2.08. The summed E-state index contributed by atoms with van der Waals surface area (Å²) in [6.45, 7) is 0. The molecule has 0 N–H and O–H groups in total. The van der Waals surface area contributed by atoms with Gasteiger partial charge >= 0.3 is 0 Å². The summed E-state index contributed by atoms with van der Waals surface area (Å²) < 4.78 is 0. The molecule has 2 heterocycles. The van der Waals surface area contributed by atoms with Gasteiger partial charge < -0.3 is 0 Å². The molecule has 0 fully saturated rings. The second-order valence-corrected chi connectivity index (χ2v) is 3.06. The fourth-order valence-corrected chi connectivity index (χ4v) is 1.31. The van der Waals surface area contributed by atoms with Crippen LogP contribution in [0.5, 0.6) is 0 Å². The van der Waals surface area contributed by atoms with Gasteiger partial charge in [-0.3, -0.25) is 9.78 Å². The van der Waals surface area contributed by atoms with Crippen molar-refractivity contribution in [3.63, 3.8) is 0 Å². The lowest BCUT2D eigenvalue weighted by Crippen LogP contribution is -2.12. The Morgan fingerprint density at radius 3 is 2.73 bits per heavy atom. The maximum absolute atomic E-state index is 11.1. The van der Waals surface area contributed by atoms with Crippen LogP contribution < -0.4 is 0 Å². The van der Waals surface area contributed by atoms with E-state index in [4.69, 9.17) is 5.26 Å². The van der Waals surface area contributed by atoms with E-state index < -0.39 is 11.8 Å². The highest BCUT2D eigenvalue weighted by Gasteiger charge is 2.18. The zero-order chi connectivity index (χ0) is 10.7. The molecule has 0 spiro atoms. The van der Waals surface area contributed by atoms with Crippen molar-refractivity contribution in [3.05, 3.63) is 36.2 Å². The summed E-state index contributed by atoms with van der Waals surface area (Å²) >= 11 is 0. The Labute approximate surface area is 86.6 Å². The van der Waals surface area contributed by atoms with E-state index in [0.29, 0.717) is 0 Å². The van der Waals surface area contributed by atoms with E-state index >= 15 is 0 Å². The van der Waals surface area contributed by atoms with E-state index in [-0.39, 0.29) is 0 Å². The third kappa shape index (κ3) is 1.81. The number of rotatable bonds is 1. The standard InChI is InChI=1S/C11H7N3O/c12-6-9-5-10(7-14-11(9)15)8-1-3-13-4-2-8/h1-5,7,9H. The van der Waals surface area contributed by atoms with Gasteiger partial charge in [0.2, 0.25) is 0 Å². The van der Waals surface area contributed by atoms with Crippen LogP contribution >= 0.6 is 0 Å². The highest BCUT2D eigenvalue weighted by Crippen LogP contribution is 2.18. The highest BCUT2D eigenvalue weighted by atomic mass is 16.1. The Balaban J connectivity index is 2.37. The average Bonchev–Trinajstić information content (AvgIpc) is 2.31. The number of allylic oxidation sites excluding steroid dienone is 1. The number of nitriles is 1. The Hall–Kier alpha value is -2.28. The van der Waals surface area contributed by atoms with Gasteiger partial charge in [-0.25, -0.2) is 4.99 Å². The Bertz CT molecular complexity index is 482. The molecule has 1 atom stereocenters.